The van der Waals surface area contributed by atoms with Crippen molar-refractivity contribution in [3.63, 3.8) is 0 Å². The van der Waals surface area contributed by atoms with E-state index >= 15 is 0 Å². The van der Waals surface area contributed by atoms with Gasteiger partial charge in [0.05, 0.1) is 5.54 Å². The molecule has 0 bridgehead atoms. The molecule has 0 aliphatic heterocycles. The molecular formula is C15H17FN2O. The summed E-state index contributed by atoms with van der Waals surface area (Å²) in [5.74, 6) is -0.541. The molecule has 4 heteroatoms. The highest BCUT2D eigenvalue weighted by molar-refractivity contribution is 5.93. The Morgan fingerprint density at radius 3 is 2.47 bits per heavy atom. The number of hydrogen-bond acceptors (Lipinski definition) is 1. The average Bonchev–Trinajstić information content (AvgIpc) is 2.75. The van der Waals surface area contributed by atoms with Gasteiger partial charge < -0.3 is 9.88 Å². The Kier molecular flexibility index (Phi) is 3.42. The zero-order valence-corrected chi connectivity index (χ0v) is 11.3. The lowest BCUT2D eigenvalue weighted by molar-refractivity contribution is 0.0902. The second-order valence-corrected chi connectivity index (χ2v) is 5.06. The van der Waals surface area contributed by atoms with E-state index in [1.54, 1.807) is 62.0 Å². The monoisotopic (exact) mass is 260 g/mol. The van der Waals surface area contributed by atoms with Crippen molar-refractivity contribution in [3.05, 3.63) is 59.7 Å². The van der Waals surface area contributed by atoms with Crippen LogP contribution in [0.2, 0.25) is 0 Å². The fourth-order valence-corrected chi connectivity index (χ4v) is 2.08. The van der Waals surface area contributed by atoms with Crippen LogP contribution in [0.4, 0.5) is 4.39 Å². The fourth-order valence-electron chi connectivity index (χ4n) is 2.08. The molecule has 1 amide bonds. The molecule has 0 spiro atoms. The minimum atomic E-state index is -0.771. The number of amides is 1. The largest absolute Gasteiger partial charge is 0.347 e. The van der Waals surface area contributed by atoms with Gasteiger partial charge in [-0.15, -0.1) is 0 Å². The topological polar surface area (TPSA) is 34.0 Å². The highest BCUT2D eigenvalue weighted by Crippen LogP contribution is 2.23. The number of carbonyl (C=O) groups is 1. The quantitative estimate of drug-likeness (QED) is 0.904. The maximum Gasteiger partial charge on any atom is 0.268 e. The van der Waals surface area contributed by atoms with E-state index in [9.17, 15) is 9.18 Å². The van der Waals surface area contributed by atoms with Gasteiger partial charge in [-0.05, 0) is 32.0 Å². The van der Waals surface area contributed by atoms with Crippen LogP contribution in [0.3, 0.4) is 0 Å². The molecule has 1 aromatic heterocycles. The van der Waals surface area contributed by atoms with Gasteiger partial charge >= 0.3 is 0 Å². The van der Waals surface area contributed by atoms with E-state index in [-0.39, 0.29) is 11.7 Å². The van der Waals surface area contributed by atoms with Crippen LogP contribution in [0.1, 0.15) is 29.9 Å². The molecule has 0 aliphatic rings. The first kappa shape index (κ1) is 13.3. The van der Waals surface area contributed by atoms with Crippen LogP contribution in [0.25, 0.3) is 0 Å². The van der Waals surface area contributed by atoms with Gasteiger partial charge in [0, 0.05) is 18.8 Å². The molecule has 0 aliphatic carbocycles. The standard InChI is InChI=1S/C15H17FN2O/c1-15(2,11-7-4-5-8-12(11)16)17-14(19)13-9-6-10-18(13)3/h4-10H,1-3H3,(H,17,19). The van der Waals surface area contributed by atoms with E-state index in [2.05, 4.69) is 5.32 Å². The summed E-state index contributed by atoms with van der Waals surface area (Å²) in [5.41, 5.74) is 0.245. The van der Waals surface area contributed by atoms with Gasteiger partial charge in [0.15, 0.2) is 0 Å². The van der Waals surface area contributed by atoms with Crippen molar-refractivity contribution in [3.8, 4) is 0 Å². The molecule has 0 saturated heterocycles. The minimum Gasteiger partial charge on any atom is -0.347 e. The van der Waals surface area contributed by atoms with Crippen molar-refractivity contribution in [2.45, 2.75) is 19.4 Å². The van der Waals surface area contributed by atoms with Crippen molar-refractivity contribution in [1.29, 1.82) is 0 Å². The maximum atomic E-state index is 13.8. The lowest BCUT2D eigenvalue weighted by atomic mass is 9.93. The minimum absolute atomic E-state index is 0.222. The molecule has 100 valence electrons. The summed E-state index contributed by atoms with van der Waals surface area (Å²) in [6.45, 7) is 3.57. The Labute approximate surface area is 112 Å². The fraction of sp³-hybridized carbons (Fsp3) is 0.267. The van der Waals surface area contributed by atoms with Crippen LogP contribution in [0.5, 0.6) is 0 Å². The molecule has 1 aromatic carbocycles. The number of carbonyl (C=O) groups excluding carboxylic acids is 1. The zero-order chi connectivity index (χ0) is 14.0. The summed E-state index contributed by atoms with van der Waals surface area (Å²) in [6.07, 6.45) is 1.80. The number of aryl methyl sites for hydroxylation is 1. The van der Waals surface area contributed by atoms with Gasteiger partial charge in [0.1, 0.15) is 11.5 Å². The molecule has 19 heavy (non-hydrogen) atoms. The maximum absolute atomic E-state index is 13.8. The van der Waals surface area contributed by atoms with Crippen LogP contribution in [0.15, 0.2) is 42.6 Å². The number of rotatable bonds is 3. The number of hydrogen-bond donors (Lipinski definition) is 1. The Balaban J connectivity index is 2.25. The number of aromatic nitrogens is 1. The first-order valence-electron chi connectivity index (χ1n) is 6.10. The van der Waals surface area contributed by atoms with Crippen LogP contribution < -0.4 is 5.32 Å². The van der Waals surface area contributed by atoms with Crippen LogP contribution in [0, 0.1) is 5.82 Å². The van der Waals surface area contributed by atoms with E-state index in [1.807, 2.05) is 0 Å². The molecular weight excluding hydrogens is 243 g/mol. The van der Waals surface area contributed by atoms with Crippen LogP contribution >= 0.6 is 0 Å². The lowest BCUT2D eigenvalue weighted by Gasteiger charge is -2.27. The molecule has 0 fully saturated rings. The zero-order valence-electron chi connectivity index (χ0n) is 11.3. The first-order valence-corrected chi connectivity index (χ1v) is 6.10. The molecule has 3 nitrogen and oxygen atoms in total. The molecule has 0 atom stereocenters. The molecule has 2 aromatic rings. The predicted octanol–water partition coefficient (Wildman–Crippen LogP) is 2.83. The Hall–Kier alpha value is -2.10. The molecule has 0 radical (unpaired) electrons. The SMILES string of the molecule is Cn1cccc1C(=O)NC(C)(C)c1ccccc1F. The normalized spacial score (nSPS) is 11.4. The number of halogens is 1. The van der Waals surface area contributed by atoms with Gasteiger partial charge in [-0.3, -0.25) is 4.79 Å². The third kappa shape index (κ3) is 2.67. The number of nitrogens with zero attached hydrogens (tertiary/aromatic N) is 1. The van der Waals surface area contributed by atoms with E-state index in [1.165, 1.54) is 6.07 Å². The molecule has 0 saturated carbocycles. The third-order valence-electron chi connectivity index (χ3n) is 3.15. The van der Waals surface area contributed by atoms with Gasteiger partial charge in [-0.1, -0.05) is 18.2 Å². The first-order chi connectivity index (χ1) is 8.92. The van der Waals surface area contributed by atoms with Gasteiger partial charge in [-0.25, -0.2) is 4.39 Å². The van der Waals surface area contributed by atoms with Crippen molar-refractivity contribution < 1.29 is 9.18 Å². The van der Waals surface area contributed by atoms with Crippen LogP contribution in [-0.2, 0) is 12.6 Å². The van der Waals surface area contributed by atoms with E-state index in [0.717, 1.165) is 0 Å². The summed E-state index contributed by atoms with van der Waals surface area (Å²) in [5, 5.41) is 2.86. The molecule has 2 rings (SSSR count). The van der Waals surface area contributed by atoms with E-state index in [4.69, 9.17) is 0 Å². The smallest absolute Gasteiger partial charge is 0.268 e. The Bertz CT molecular complexity index is 602. The molecule has 0 unspecified atom stereocenters. The highest BCUT2D eigenvalue weighted by Gasteiger charge is 2.26. The van der Waals surface area contributed by atoms with E-state index < -0.39 is 5.54 Å². The van der Waals surface area contributed by atoms with Crippen molar-refractivity contribution in [2.75, 3.05) is 0 Å². The lowest BCUT2D eigenvalue weighted by Crippen LogP contribution is -2.42. The van der Waals surface area contributed by atoms with Gasteiger partial charge in [0.25, 0.3) is 5.91 Å². The second kappa shape index (κ2) is 4.88. The average molecular weight is 260 g/mol. The van der Waals surface area contributed by atoms with E-state index in [0.29, 0.717) is 11.3 Å². The Morgan fingerprint density at radius 1 is 1.21 bits per heavy atom. The van der Waals surface area contributed by atoms with Gasteiger partial charge in [0.2, 0.25) is 0 Å². The van der Waals surface area contributed by atoms with Gasteiger partial charge in [-0.2, -0.15) is 0 Å². The summed E-state index contributed by atoms with van der Waals surface area (Å²) in [7, 11) is 1.80. The van der Waals surface area contributed by atoms with Crippen LogP contribution in [-0.4, -0.2) is 10.5 Å². The number of benzene rings is 1. The second-order valence-electron chi connectivity index (χ2n) is 5.06. The summed E-state index contributed by atoms with van der Waals surface area (Å²) < 4.78 is 15.5. The third-order valence-corrected chi connectivity index (χ3v) is 3.15. The van der Waals surface area contributed by atoms with Crippen molar-refractivity contribution >= 4 is 5.91 Å². The molecule has 1 heterocycles. The molecule has 1 N–H and O–H groups in total. The number of nitrogens with one attached hydrogen (secondary N) is 1. The summed E-state index contributed by atoms with van der Waals surface area (Å²) >= 11 is 0. The Morgan fingerprint density at radius 2 is 1.89 bits per heavy atom. The summed E-state index contributed by atoms with van der Waals surface area (Å²) in [4.78, 5) is 12.2. The van der Waals surface area contributed by atoms with Crippen molar-refractivity contribution in [2.24, 2.45) is 7.05 Å². The van der Waals surface area contributed by atoms with Crippen molar-refractivity contribution in [1.82, 2.24) is 9.88 Å². The highest BCUT2D eigenvalue weighted by atomic mass is 19.1. The summed E-state index contributed by atoms with van der Waals surface area (Å²) in [6, 6.07) is 9.99. The predicted molar refractivity (Wildman–Crippen MR) is 72.3 cm³/mol.